The summed E-state index contributed by atoms with van der Waals surface area (Å²) in [6, 6.07) is 14.1. The fourth-order valence-electron chi connectivity index (χ4n) is 21.4. The van der Waals surface area contributed by atoms with Crippen molar-refractivity contribution in [1.82, 2.24) is 10.6 Å². The molecule has 2 aromatic carbocycles. The molecule has 0 unspecified atom stereocenters. The lowest BCUT2D eigenvalue weighted by Crippen LogP contribution is -2.83. The third-order valence-corrected chi connectivity index (χ3v) is 26.9. The van der Waals surface area contributed by atoms with Crippen LogP contribution in [0.2, 0.25) is 0 Å². The van der Waals surface area contributed by atoms with Gasteiger partial charge in [-0.15, -0.1) is 0 Å². The van der Waals surface area contributed by atoms with Crippen LogP contribution in [0.4, 0.5) is 9.59 Å². The lowest BCUT2D eigenvalue weighted by molar-refractivity contribution is -0.405. The highest BCUT2D eigenvalue weighted by Crippen LogP contribution is 2.70. The van der Waals surface area contributed by atoms with Gasteiger partial charge in [0.15, 0.2) is 48.2 Å². The van der Waals surface area contributed by atoms with Crippen LogP contribution in [0.1, 0.15) is 212 Å². The molecule has 4 saturated heterocycles. The van der Waals surface area contributed by atoms with Gasteiger partial charge in [-0.3, -0.25) is 19.2 Å². The highest BCUT2D eigenvalue weighted by Gasteiger charge is 2.82. The first-order valence-corrected chi connectivity index (χ1v) is 42.6. The summed E-state index contributed by atoms with van der Waals surface area (Å²) in [7, 11) is 0. The van der Waals surface area contributed by atoms with Crippen molar-refractivity contribution in [1.29, 1.82) is 0 Å². The van der Waals surface area contributed by atoms with Gasteiger partial charge in [0.05, 0.1) is 60.5 Å². The molecule has 0 radical (unpaired) electrons. The molecule has 32 nitrogen and oxygen atoms in total. The van der Waals surface area contributed by atoms with Crippen molar-refractivity contribution in [3.05, 3.63) is 119 Å². The Bertz CT molecular complexity index is 4190. The second kappa shape index (κ2) is 35.5. The summed E-state index contributed by atoms with van der Waals surface area (Å²) >= 11 is 0. The molecule has 8 fully saturated rings. The number of carbonyl (C=O) groups excluding carboxylic acids is 10. The smallest absolute Gasteiger partial charge is 0.407 e. The molecule has 2 amide bonds. The molecule has 0 aromatic heterocycles. The Labute approximate surface area is 724 Å². The quantitative estimate of drug-likeness (QED) is 0.0362. The standard InChI is InChI=1S/2C46H63NO15/c2*1-13-32-58-30-20-31-45(22-55-31,61-26(6)49)36-38(60-39(51)27-17-15-14-16-18-27)46(54)21-29(57-40(52)34(50)28(19-23(2)3)47-41(53)62-42(7,8)9)24(4)33(43(46,10)11)35(56-25(5)48)37(59-32)44(30,36)12/h2*13-18,23,28-32,34-38,50,54H,1,19-22H2,2-12H3,(H,47,53)/t28-,29-,30-,31+,32+,34-,35-,36-,37-,38-,44+,45-,46+;28-,29-,30-,31+,32-,34-,35-,36-,37-,38-,44+,45-,46+/m00/s1. The number of nitrogens with one attached hydrogen (secondary N) is 2. The summed E-state index contributed by atoms with van der Waals surface area (Å²) in [4.78, 5) is 136. The molecule has 32 heteroatoms. The van der Waals surface area contributed by atoms with Crippen LogP contribution in [-0.4, -0.2) is 237 Å². The summed E-state index contributed by atoms with van der Waals surface area (Å²) in [5.41, 5.74) is -13.3. The normalized spacial score (nSPS) is 35.5. The minimum atomic E-state index is -2.23. The Kier molecular flexibility index (Phi) is 27.5. The van der Waals surface area contributed by atoms with Gasteiger partial charge >= 0.3 is 59.9 Å². The van der Waals surface area contributed by atoms with E-state index in [4.69, 9.17) is 75.8 Å². The zero-order valence-electron chi connectivity index (χ0n) is 75.1. The summed E-state index contributed by atoms with van der Waals surface area (Å²) in [5, 5.41) is 56.2. The Hall–Kier alpha value is -8.70. The van der Waals surface area contributed by atoms with E-state index in [2.05, 4.69) is 23.8 Å². The number of rotatable bonds is 22. The first kappa shape index (κ1) is 95.9. The molecule has 4 bridgehead atoms. The molecule has 0 spiro atoms. The Balaban J connectivity index is 0.000000241. The van der Waals surface area contributed by atoms with Crippen LogP contribution in [0.25, 0.3) is 0 Å². The Morgan fingerprint density at radius 1 is 0.492 bits per heavy atom. The number of esters is 8. The maximum absolute atomic E-state index is 14.4. The summed E-state index contributed by atoms with van der Waals surface area (Å²) < 4.78 is 100. The van der Waals surface area contributed by atoms with Gasteiger partial charge in [-0.2, -0.15) is 0 Å². The highest BCUT2D eigenvalue weighted by molar-refractivity contribution is 5.90. The third-order valence-electron chi connectivity index (χ3n) is 26.9. The van der Waals surface area contributed by atoms with E-state index in [0.717, 1.165) is 0 Å². The number of amides is 2. The minimum Gasteiger partial charge on any atom is -0.456 e. The number of aliphatic hydroxyl groups is 4. The van der Waals surface area contributed by atoms with E-state index in [-0.39, 0.29) is 61.9 Å². The van der Waals surface area contributed by atoms with E-state index >= 15 is 0 Å². The first-order chi connectivity index (χ1) is 57.6. The number of aliphatic hydroxyl groups excluding tert-OH is 2. The molecule has 26 atom stereocenters. The van der Waals surface area contributed by atoms with E-state index in [1.165, 1.54) is 39.8 Å². The first-order valence-electron chi connectivity index (χ1n) is 42.6. The number of alkyl carbamates (subject to hydrolysis) is 2. The predicted octanol–water partition coefficient (Wildman–Crippen LogP) is 9.74. The average molecular weight is 1740 g/mol. The van der Waals surface area contributed by atoms with Crippen molar-refractivity contribution >= 4 is 59.9 Å². The van der Waals surface area contributed by atoms with E-state index in [1.54, 1.807) is 144 Å². The van der Waals surface area contributed by atoms with Gasteiger partial charge in [-0.25, -0.2) is 28.8 Å². The molecule has 4 aliphatic heterocycles. The van der Waals surface area contributed by atoms with E-state index in [0.29, 0.717) is 22.3 Å². The summed E-state index contributed by atoms with van der Waals surface area (Å²) in [6.45, 7) is 43.9. The van der Waals surface area contributed by atoms with Crippen LogP contribution in [0.15, 0.2) is 108 Å². The lowest BCUT2D eigenvalue weighted by Gasteiger charge is -2.71. The summed E-state index contributed by atoms with van der Waals surface area (Å²) in [5.74, 6) is -9.13. The predicted molar refractivity (Wildman–Crippen MR) is 440 cm³/mol. The van der Waals surface area contributed by atoms with Gasteiger partial charge in [-0.1, -0.05) is 119 Å². The SMILES string of the molecule is C=C[C@@H]1O[C@H]2C[C@H]3OC[C@@]3(OC(C)=O)[C@H]3[C@H](OC(=O)c4ccccc4)[C@]4(O)C[C@H](OC(=O)[C@@H](O)[C@H](CC(C)C)NC(=O)OC(C)(C)C)C(C)=C([C@H](OC(C)=O)[C@H](O1)[C@]23C)C4(C)C.C=C[C@H]1O[C@H]2C[C@H]3OC[C@@]3(OC(C)=O)[C@H]3[C@H](OC(=O)c4ccccc4)[C@]4(O)C[C@H](OC(=O)[C@@H](O)[C@H](CC(C)C)NC(=O)OC(C)(C)C)C(C)=C([C@H](OC(C)=O)[C@H](O1)[C@]23C)C4(C)C. The largest absolute Gasteiger partial charge is 0.456 e. The van der Waals surface area contributed by atoms with Crippen molar-refractivity contribution in [2.75, 3.05) is 13.2 Å². The van der Waals surface area contributed by atoms with Gasteiger partial charge < -0.3 is 107 Å². The second-order valence-corrected chi connectivity index (χ2v) is 39.1. The van der Waals surface area contributed by atoms with Crippen molar-refractivity contribution in [2.24, 2.45) is 45.3 Å². The van der Waals surface area contributed by atoms with E-state index in [9.17, 15) is 68.4 Å². The maximum atomic E-state index is 14.4. The topological polar surface area (TPSA) is 423 Å². The Morgan fingerprint density at radius 3 is 1.10 bits per heavy atom. The van der Waals surface area contributed by atoms with Crippen LogP contribution in [0.5, 0.6) is 0 Å². The van der Waals surface area contributed by atoms with Crippen molar-refractivity contribution in [2.45, 2.75) is 335 Å². The molecule has 10 aliphatic rings. The number of hydrogen-bond donors (Lipinski definition) is 6. The number of benzene rings is 2. The van der Waals surface area contributed by atoms with Gasteiger partial charge in [0.2, 0.25) is 0 Å². The van der Waals surface area contributed by atoms with E-state index in [1.807, 2.05) is 41.5 Å². The molecule has 684 valence electrons. The third kappa shape index (κ3) is 17.8. The highest BCUT2D eigenvalue weighted by atomic mass is 16.7. The molecular weight excluding hydrogens is 1610 g/mol. The lowest BCUT2D eigenvalue weighted by atomic mass is 9.44. The van der Waals surface area contributed by atoms with Crippen molar-refractivity contribution in [3.63, 3.8) is 0 Å². The average Bonchev–Trinajstić information content (AvgIpc) is 0.666. The molecule has 4 saturated carbocycles. The number of hydrogen-bond acceptors (Lipinski definition) is 30. The van der Waals surface area contributed by atoms with Crippen LogP contribution in [-0.2, 0) is 105 Å². The van der Waals surface area contributed by atoms with Gasteiger partial charge in [-0.05, 0) is 139 Å². The molecule has 4 heterocycles. The number of fused-ring (bicyclic) bond motifs is 8. The van der Waals surface area contributed by atoms with Crippen LogP contribution < -0.4 is 10.6 Å². The summed E-state index contributed by atoms with van der Waals surface area (Å²) in [6.07, 6.45) is -18.7. The molecule has 6 aliphatic carbocycles. The number of carbonyl (C=O) groups is 10. The van der Waals surface area contributed by atoms with Gasteiger partial charge in [0, 0.05) is 75.0 Å². The fourth-order valence-corrected chi connectivity index (χ4v) is 21.4. The zero-order valence-corrected chi connectivity index (χ0v) is 75.1. The minimum absolute atomic E-state index is 0.0926. The van der Waals surface area contributed by atoms with Gasteiger partial charge in [0.25, 0.3) is 0 Å². The van der Waals surface area contributed by atoms with Gasteiger partial charge in [0.1, 0.15) is 71.2 Å². The van der Waals surface area contributed by atoms with Crippen LogP contribution >= 0.6 is 0 Å². The van der Waals surface area contributed by atoms with Crippen molar-refractivity contribution < 1.29 is 144 Å². The fraction of sp³-hybridized carbons (Fsp3) is 0.674. The number of ether oxygens (including phenoxy) is 16. The monoisotopic (exact) mass is 1740 g/mol. The molecule has 6 N–H and O–H groups in total. The Morgan fingerprint density at radius 2 is 0.823 bits per heavy atom. The van der Waals surface area contributed by atoms with Crippen LogP contribution in [0, 0.1) is 45.3 Å². The van der Waals surface area contributed by atoms with E-state index < -0.39 is 250 Å². The van der Waals surface area contributed by atoms with Crippen molar-refractivity contribution in [3.8, 4) is 0 Å². The molecule has 12 rings (SSSR count). The second-order valence-electron chi connectivity index (χ2n) is 39.1. The molecular formula is C92H126N2O30. The van der Waals surface area contributed by atoms with Crippen LogP contribution in [0.3, 0.4) is 0 Å². The molecule has 124 heavy (non-hydrogen) atoms. The molecule has 2 aromatic rings. The maximum Gasteiger partial charge on any atom is 0.407 e. The zero-order chi connectivity index (χ0) is 91.8.